The second-order valence-corrected chi connectivity index (χ2v) is 6.56. The molecular weight excluding hydrogens is 246 g/mol. The highest BCUT2D eigenvalue weighted by Crippen LogP contribution is 2.48. The molecule has 0 spiro atoms. The number of likely N-dealkylation sites (tertiary alicyclic amines) is 1. The number of aryl methyl sites for hydroxylation is 1. The van der Waals surface area contributed by atoms with Gasteiger partial charge in [0.25, 0.3) is 0 Å². The van der Waals surface area contributed by atoms with Crippen LogP contribution in [0.5, 0.6) is 0 Å². The Kier molecular flexibility index (Phi) is 3.17. The maximum atomic E-state index is 4.40. The van der Waals surface area contributed by atoms with Crippen LogP contribution in [0.2, 0.25) is 0 Å². The smallest absolute Gasteiger partial charge is 0.105 e. The highest BCUT2D eigenvalue weighted by Gasteiger charge is 2.46. The van der Waals surface area contributed by atoms with Crippen molar-refractivity contribution in [3.05, 3.63) is 53.6 Å². The molecule has 3 rings (SSSR count). The number of nitrogens with zero attached hydrogens (tertiary/aromatic N) is 3. The normalized spacial score (nSPS) is 21.7. The molecule has 0 aliphatic carbocycles. The molecule has 1 aliphatic rings. The Bertz CT molecular complexity index is 598. The van der Waals surface area contributed by atoms with Gasteiger partial charge in [-0.3, -0.25) is 4.90 Å². The van der Waals surface area contributed by atoms with E-state index < -0.39 is 0 Å². The molecule has 1 atom stereocenters. The summed E-state index contributed by atoms with van der Waals surface area (Å²) >= 11 is 0. The van der Waals surface area contributed by atoms with Gasteiger partial charge in [-0.2, -0.15) is 0 Å². The lowest BCUT2D eigenvalue weighted by atomic mass is 9.71. The van der Waals surface area contributed by atoms with Crippen molar-refractivity contribution in [1.82, 2.24) is 14.5 Å². The van der Waals surface area contributed by atoms with Crippen molar-refractivity contribution >= 4 is 0 Å². The van der Waals surface area contributed by atoms with Crippen molar-refractivity contribution in [2.45, 2.75) is 33.4 Å². The topological polar surface area (TPSA) is 21.1 Å². The number of hydrogen-bond acceptors (Lipinski definition) is 2. The van der Waals surface area contributed by atoms with Gasteiger partial charge in [0.15, 0.2) is 0 Å². The molecule has 0 unspecified atom stereocenters. The molecule has 1 aliphatic heterocycles. The standard InChI is InChI=1S/C17H23N3/c1-13-18-10-15(19(13)4)11-20-12-17(2,3)16(20)14-8-6-5-7-9-14/h5-10,16H,11-12H2,1-4H3/t16-/m1/s1. The summed E-state index contributed by atoms with van der Waals surface area (Å²) in [6, 6.07) is 11.3. The molecule has 20 heavy (non-hydrogen) atoms. The van der Waals surface area contributed by atoms with Gasteiger partial charge >= 0.3 is 0 Å². The van der Waals surface area contributed by atoms with Gasteiger partial charge in [-0.25, -0.2) is 4.98 Å². The third-order valence-electron chi connectivity index (χ3n) is 4.51. The number of aromatic nitrogens is 2. The summed E-state index contributed by atoms with van der Waals surface area (Å²) in [4.78, 5) is 6.95. The highest BCUT2D eigenvalue weighted by molar-refractivity contribution is 5.25. The highest BCUT2D eigenvalue weighted by atomic mass is 15.3. The van der Waals surface area contributed by atoms with Crippen molar-refractivity contribution in [2.75, 3.05) is 6.54 Å². The fourth-order valence-electron chi connectivity index (χ4n) is 3.43. The Morgan fingerprint density at radius 1 is 1.25 bits per heavy atom. The third kappa shape index (κ3) is 2.16. The summed E-state index contributed by atoms with van der Waals surface area (Å²) in [6.45, 7) is 8.88. The number of imidazole rings is 1. The molecule has 0 saturated carbocycles. The second kappa shape index (κ2) is 4.74. The number of hydrogen-bond donors (Lipinski definition) is 0. The summed E-state index contributed by atoms with van der Waals surface area (Å²) in [5.41, 5.74) is 3.05. The molecule has 1 aromatic heterocycles. The molecule has 0 N–H and O–H groups in total. The Morgan fingerprint density at radius 3 is 2.50 bits per heavy atom. The van der Waals surface area contributed by atoms with Crippen LogP contribution in [0.15, 0.2) is 36.5 Å². The van der Waals surface area contributed by atoms with Gasteiger partial charge in [0, 0.05) is 32.4 Å². The lowest BCUT2D eigenvalue weighted by Gasteiger charge is -2.54. The molecule has 1 aromatic carbocycles. The van der Waals surface area contributed by atoms with Crippen molar-refractivity contribution in [1.29, 1.82) is 0 Å². The molecule has 0 bridgehead atoms. The van der Waals surface area contributed by atoms with Gasteiger partial charge in [0.2, 0.25) is 0 Å². The van der Waals surface area contributed by atoms with E-state index in [-0.39, 0.29) is 0 Å². The van der Waals surface area contributed by atoms with E-state index in [1.807, 2.05) is 6.20 Å². The van der Waals surface area contributed by atoms with Crippen LogP contribution >= 0.6 is 0 Å². The quantitative estimate of drug-likeness (QED) is 0.852. The SMILES string of the molecule is Cc1ncc(CN2CC(C)(C)[C@H]2c2ccccc2)n1C. The zero-order chi connectivity index (χ0) is 14.3. The van der Waals surface area contributed by atoms with E-state index in [1.54, 1.807) is 0 Å². The van der Waals surface area contributed by atoms with Gasteiger partial charge in [-0.15, -0.1) is 0 Å². The first-order chi connectivity index (χ1) is 9.49. The fourth-order valence-corrected chi connectivity index (χ4v) is 3.43. The largest absolute Gasteiger partial charge is 0.334 e. The number of benzene rings is 1. The lowest BCUT2D eigenvalue weighted by molar-refractivity contribution is -0.0600. The van der Waals surface area contributed by atoms with Crippen LogP contribution in [-0.2, 0) is 13.6 Å². The average Bonchev–Trinajstić information content (AvgIpc) is 2.71. The molecule has 2 heterocycles. The van der Waals surface area contributed by atoms with Crippen molar-refractivity contribution in [3.8, 4) is 0 Å². The molecule has 1 fully saturated rings. The average molecular weight is 269 g/mol. The monoisotopic (exact) mass is 269 g/mol. The molecule has 0 amide bonds. The maximum Gasteiger partial charge on any atom is 0.105 e. The van der Waals surface area contributed by atoms with Crippen molar-refractivity contribution in [2.24, 2.45) is 12.5 Å². The third-order valence-corrected chi connectivity index (χ3v) is 4.51. The van der Waals surface area contributed by atoms with Crippen LogP contribution < -0.4 is 0 Å². The Hall–Kier alpha value is -1.61. The zero-order valence-corrected chi connectivity index (χ0v) is 12.8. The minimum Gasteiger partial charge on any atom is -0.334 e. The van der Waals surface area contributed by atoms with E-state index in [4.69, 9.17) is 0 Å². The van der Waals surface area contributed by atoms with Crippen LogP contribution in [-0.4, -0.2) is 21.0 Å². The fraction of sp³-hybridized carbons (Fsp3) is 0.471. The van der Waals surface area contributed by atoms with Crippen molar-refractivity contribution < 1.29 is 0 Å². The summed E-state index contributed by atoms with van der Waals surface area (Å²) < 4.78 is 2.19. The van der Waals surface area contributed by atoms with Crippen LogP contribution in [0.1, 0.15) is 37.0 Å². The summed E-state index contributed by atoms with van der Waals surface area (Å²) in [7, 11) is 2.10. The van der Waals surface area contributed by atoms with Crippen LogP contribution in [0.25, 0.3) is 0 Å². The minimum absolute atomic E-state index is 0.342. The maximum absolute atomic E-state index is 4.40. The molecule has 106 valence electrons. The van der Waals surface area contributed by atoms with Crippen LogP contribution in [0.3, 0.4) is 0 Å². The van der Waals surface area contributed by atoms with Gasteiger partial charge in [-0.1, -0.05) is 44.2 Å². The van der Waals surface area contributed by atoms with Gasteiger partial charge < -0.3 is 4.57 Å². The zero-order valence-electron chi connectivity index (χ0n) is 12.8. The number of rotatable bonds is 3. The van der Waals surface area contributed by atoms with Gasteiger partial charge in [0.05, 0.1) is 5.69 Å². The Labute approximate surface area is 121 Å². The predicted octanol–water partition coefficient (Wildman–Crippen LogP) is 3.31. The Balaban J connectivity index is 1.83. The first kappa shape index (κ1) is 13.4. The molecule has 0 radical (unpaired) electrons. The van der Waals surface area contributed by atoms with Crippen LogP contribution in [0, 0.1) is 12.3 Å². The summed E-state index contributed by atoms with van der Waals surface area (Å²) in [5, 5.41) is 0. The summed E-state index contributed by atoms with van der Waals surface area (Å²) in [6.07, 6.45) is 2.00. The van der Waals surface area contributed by atoms with E-state index in [0.29, 0.717) is 11.5 Å². The molecule has 3 nitrogen and oxygen atoms in total. The predicted molar refractivity (Wildman–Crippen MR) is 81.3 cm³/mol. The van der Waals surface area contributed by atoms with Crippen molar-refractivity contribution in [3.63, 3.8) is 0 Å². The summed E-state index contributed by atoms with van der Waals surface area (Å²) in [5.74, 6) is 1.08. The van der Waals surface area contributed by atoms with E-state index in [1.165, 1.54) is 11.3 Å². The molecule has 2 aromatic rings. The first-order valence-electron chi connectivity index (χ1n) is 7.25. The van der Waals surface area contributed by atoms with Gasteiger partial charge in [0.1, 0.15) is 5.82 Å². The second-order valence-electron chi connectivity index (χ2n) is 6.56. The minimum atomic E-state index is 0.342. The van der Waals surface area contributed by atoms with E-state index >= 15 is 0 Å². The van der Waals surface area contributed by atoms with E-state index in [0.717, 1.165) is 18.9 Å². The van der Waals surface area contributed by atoms with Gasteiger partial charge in [-0.05, 0) is 17.9 Å². The molecular formula is C17H23N3. The molecule has 1 saturated heterocycles. The van der Waals surface area contributed by atoms with Crippen LogP contribution in [0.4, 0.5) is 0 Å². The van der Waals surface area contributed by atoms with E-state index in [9.17, 15) is 0 Å². The lowest BCUT2D eigenvalue weighted by Crippen LogP contribution is -2.55. The Morgan fingerprint density at radius 2 is 1.95 bits per heavy atom. The molecule has 3 heteroatoms. The first-order valence-corrected chi connectivity index (χ1v) is 7.25. The van der Waals surface area contributed by atoms with E-state index in [2.05, 4.69) is 72.6 Å².